The first-order chi connectivity index (χ1) is 8.27. The van der Waals surface area contributed by atoms with Gasteiger partial charge in [-0.15, -0.1) is 0 Å². The highest BCUT2D eigenvalue weighted by molar-refractivity contribution is 5.36. The van der Waals surface area contributed by atoms with Gasteiger partial charge < -0.3 is 15.2 Å². The Labute approximate surface area is 99.2 Å². The van der Waals surface area contributed by atoms with Crippen LogP contribution in [0.5, 0.6) is 0 Å². The van der Waals surface area contributed by atoms with Gasteiger partial charge in [0.15, 0.2) is 0 Å². The van der Waals surface area contributed by atoms with E-state index in [1.807, 2.05) is 19.2 Å². The molecule has 0 spiro atoms. The molecule has 0 radical (unpaired) electrons. The first-order valence-electron chi connectivity index (χ1n) is 5.45. The fourth-order valence-corrected chi connectivity index (χ4v) is 1.94. The van der Waals surface area contributed by atoms with Crippen LogP contribution in [0.1, 0.15) is 35.4 Å². The van der Waals surface area contributed by atoms with E-state index in [2.05, 4.69) is 15.0 Å². The molecule has 0 aliphatic carbocycles. The van der Waals surface area contributed by atoms with Gasteiger partial charge in [-0.05, 0) is 11.6 Å². The molecule has 0 fully saturated rings. The third kappa shape index (κ3) is 2.20. The summed E-state index contributed by atoms with van der Waals surface area (Å²) in [6.45, 7) is 1.71. The summed E-state index contributed by atoms with van der Waals surface area (Å²) in [5.41, 5.74) is 3.05. The maximum Gasteiger partial charge on any atom is 0.0923 e. The van der Waals surface area contributed by atoms with E-state index >= 15 is 0 Å². The van der Waals surface area contributed by atoms with Crippen molar-refractivity contribution in [2.75, 3.05) is 0 Å². The summed E-state index contributed by atoms with van der Waals surface area (Å²) in [5.74, 6) is 0.0525. The second-order valence-electron chi connectivity index (χ2n) is 3.86. The SMILES string of the molecule is CC(c1c[nH]cn1)c1ccnc(CO)c1CO. The molecule has 0 saturated carbocycles. The number of rotatable bonds is 4. The number of imidazole rings is 1. The Balaban J connectivity index is 2.44. The van der Waals surface area contributed by atoms with Gasteiger partial charge in [-0.2, -0.15) is 0 Å². The first kappa shape index (κ1) is 11.8. The van der Waals surface area contributed by atoms with Crippen LogP contribution in [0.15, 0.2) is 24.8 Å². The standard InChI is InChI=1S/C12H15N3O2/c1-8(11-4-13-7-15-11)9-2-3-14-12(6-17)10(9)5-16/h2-4,7-8,16-17H,5-6H2,1H3,(H,13,15). The molecule has 0 aromatic carbocycles. The van der Waals surface area contributed by atoms with Crippen molar-refractivity contribution in [3.8, 4) is 0 Å². The highest BCUT2D eigenvalue weighted by atomic mass is 16.3. The number of aliphatic hydroxyl groups is 2. The maximum absolute atomic E-state index is 9.40. The van der Waals surface area contributed by atoms with E-state index in [4.69, 9.17) is 0 Å². The number of aromatic nitrogens is 3. The average molecular weight is 233 g/mol. The van der Waals surface area contributed by atoms with Crippen LogP contribution in [0.25, 0.3) is 0 Å². The molecule has 2 aromatic heterocycles. The minimum Gasteiger partial charge on any atom is -0.392 e. The van der Waals surface area contributed by atoms with Crippen molar-refractivity contribution in [2.45, 2.75) is 26.1 Å². The monoisotopic (exact) mass is 233 g/mol. The van der Waals surface area contributed by atoms with Crippen molar-refractivity contribution in [3.63, 3.8) is 0 Å². The summed E-state index contributed by atoms with van der Waals surface area (Å²) in [7, 11) is 0. The van der Waals surface area contributed by atoms with Crippen LogP contribution in [-0.4, -0.2) is 25.2 Å². The van der Waals surface area contributed by atoms with Gasteiger partial charge >= 0.3 is 0 Å². The van der Waals surface area contributed by atoms with Crippen molar-refractivity contribution < 1.29 is 10.2 Å². The molecule has 2 aromatic rings. The molecule has 0 amide bonds. The summed E-state index contributed by atoms with van der Waals surface area (Å²) in [6.07, 6.45) is 5.09. The van der Waals surface area contributed by atoms with E-state index in [9.17, 15) is 10.2 Å². The molecule has 5 nitrogen and oxygen atoms in total. The molecule has 17 heavy (non-hydrogen) atoms. The summed E-state index contributed by atoms with van der Waals surface area (Å²) < 4.78 is 0. The van der Waals surface area contributed by atoms with Gasteiger partial charge in [0.2, 0.25) is 0 Å². The number of pyridine rings is 1. The maximum atomic E-state index is 9.40. The molecule has 2 heterocycles. The zero-order valence-electron chi connectivity index (χ0n) is 9.59. The van der Waals surface area contributed by atoms with Crippen molar-refractivity contribution in [1.82, 2.24) is 15.0 Å². The summed E-state index contributed by atoms with van der Waals surface area (Å²) >= 11 is 0. The number of hydrogen-bond donors (Lipinski definition) is 3. The van der Waals surface area contributed by atoms with Gasteiger partial charge in [-0.3, -0.25) is 4.98 Å². The van der Waals surface area contributed by atoms with Crippen LogP contribution < -0.4 is 0 Å². The normalized spacial score (nSPS) is 12.6. The fraction of sp³-hybridized carbons (Fsp3) is 0.333. The van der Waals surface area contributed by atoms with E-state index < -0.39 is 0 Å². The van der Waals surface area contributed by atoms with Crippen molar-refractivity contribution >= 4 is 0 Å². The van der Waals surface area contributed by atoms with Crippen LogP contribution in [0, 0.1) is 0 Å². The zero-order valence-corrected chi connectivity index (χ0v) is 9.59. The zero-order chi connectivity index (χ0) is 12.3. The molecule has 0 saturated heterocycles. The Kier molecular flexibility index (Phi) is 3.51. The molecule has 1 unspecified atom stereocenters. The van der Waals surface area contributed by atoms with Crippen LogP contribution in [0.4, 0.5) is 0 Å². The molecule has 90 valence electrons. The Morgan fingerprint density at radius 1 is 1.29 bits per heavy atom. The van der Waals surface area contributed by atoms with Gasteiger partial charge in [0.1, 0.15) is 0 Å². The van der Waals surface area contributed by atoms with E-state index in [1.165, 1.54) is 0 Å². The number of hydrogen-bond acceptors (Lipinski definition) is 4. The Morgan fingerprint density at radius 2 is 2.12 bits per heavy atom. The van der Waals surface area contributed by atoms with Crippen molar-refractivity contribution in [2.24, 2.45) is 0 Å². The van der Waals surface area contributed by atoms with Crippen molar-refractivity contribution in [1.29, 1.82) is 0 Å². The van der Waals surface area contributed by atoms with E-state index in [-0.39, 0.29) is 19.1 Å². The largest absolute Gasteiger partial charge is 0.392 e. The number of H-pyrrole nitrogens is 1. The summed E-state index contributed by atoms with van der Waals surface area (Å²) in [4.78, 5) is 11.2. The third-order valence-corrected chi connectivity index (χ3v) is 2.92. The second kappa shape index (κ2) is 5.07. The number of nitrogens with zero attached hydrogens (tertiary/aromatic N) is 2. The Morgan fingerprint density at radius 3 is 2.71 bits per heavy atom. The lowest BCUT2D eigenvalue weighted by Gasteiger charge is -2.15. The minimum atomic E-state index is -0.170. The fourth-order valence-electron chi connectivity index (χ4n) is 1.94. The van der Waals surface area contributed by atoms with E-state index in [0.29, 0.717) is 11.3 Å². The molecular weight excluding hydrogens is 218 g/mol. The van der Waals surface area contributed by atoms with Gasteiger partial charge in [-0.25, -0.2) is 4.98 Å². The topological polar surface area (TPSA) is 82.0 Å². The Bertz CT molecular complexity index is 483. The van der Waals surface area contributed by atoms with Gasteiger partial charge in [-0.1, -0.05) is 6.92 Å². The lowest BCUT2D eigenvalue weighted by atomic mass is 9.93. The predicted molar refractivity (Wildman–Crippen MR) is 62.2 cm³/mol. The highest BCUT2D eigenvalue weighted by Crippen LogP contribution is 2.26. The number of aromatic amines is 1. The summed E-state index contributed by atoms with van der Waals surface area (Å²) in [5, 5.41) is 18.6. The second-order valence-corrected chi connectivity index (χ2v) is 3.86. The first-order valence-corrected chi connectivity index (χ1v) is 5.45. The van der Waals surface area contributed by atoms with Gasteiger partial charge in [0.25, 0.3) is 0 Å². The van der Waals surface area contributed by atoms with Crippen LogP contribution in [0.3, 0.4) is 0 Å². The molecule has 2 rings (SSSR count). The molecule has 0 aliphatic heterocycles. The van der Waals surface area contributed by atoms with Crippen LogP contribution in [0.2, 0.25) is 0 Å². The summed E-state index contributed by atoms with van der Waals surface area (Å²) in [6, 6.07) is 1.85. The molecule has 1 atom stereocenters. The van der Waals surface area contributed by atoms with Gasteiger partial charge in [0, 0.05) is 23.9 Å². The average Bonchev–Trinajstić information content (AvgIpc) is 2.90. The smallest absolute Gasteiger partial charge is 0.0923 e. The van der Waals surface area contributed by atoms with Gasteiger partial charge in [0.05, 0.1) is 30.9 Å². The Hall–Kier alpha value is -1.72. The number of nitrogens with one attached hydrogen (secondary N) is 1. The van der Waals surface area contributed by atoms with E-state index in [0.717, 1.165) is 11.3 Å². The van der Waals surface area contributed by atoms with Crippen LogP contribution >= 0.6 is 0 Å². The minimum absolute atomic E-state index is 0.0525. The molecular formula is C12H15N3O2. The third-order valence-electron chi connectivity index (χ3n) is 2.92. The molecule has 0 aliphatic rings. The molecule has 5 heteroatoms. The number of aliphatic hydroxyl groups excluding tert-OH is 2. The van der Waals surface area contributed by atoms with E-state index in [1.54, 1.807) is 12.5 Å². The molecule has 3 N–H and O–H groups in total. The highest BCUT2D eigenvalue weighted by Gasteiger charge is 2.16. The quantitative estimate of drug-likeness (QED) is 0.734. The van der Waals surface area contributed by atoms with Crippen molar-refractivity contribution in [3.05, 3.63) is 47.3 Å². The lowest BCUT2D eigenvalue weighted by molar-refractivity contribution is 0.254. The molecule has 0 bridgehead atoms. The predicted octanol–water partition coefficient (Wildman–Crippen LogP) is 0.941. The lowest BCUT2D eigenvalue weighted by Crippen LogP contribution is -2.07. The van der Waals surface area contributed by atoms with Crippen LogP contribution in [-0.2, 0) is 13.2 Å².